The van der Waals surface area contributed by atoms with E-state index in [2.05, 4.69) is 0 Å². The fraction of sp³-hybridized carbons (Fsp3) is 0.923. The van der Waals surface area contributed by atoms with Crippen LogP contribution < -0.4 is 0 Å². The van der Waals surface area contributed by atoms with E-state index in [0.717, 1.165) is 11.8 Å². The van der Waals surface area contributed by atoms with E-state index in [9.17, 15) is 25.6 Å². The Balaban J connectivity index is 5.54. The van der Waals surface area contributed by atoms with Gasteiger partial charge in [-0.1, -0.05) is 0 Å². The minimum atomic E-state index is -4.04. The zero-order chi connectivity index (χ0) is 19.0. The summed E-state index contributed by atoms with van der Waals surface area (Å²) in [4.78, 5) is 1.74. The van der Waals surface area contributed by atoms with E-state index in [1.165, 1.54) is 0 Å². The molecule has 0 aromatic rings. The molecule has 0 amide bonds. The Kier molecular flexibility index (Phi) is 10.4. The van der Waals surface area contributed by atoms with Crippen LogP contribution in [-0.4, -0.2) is 94.9 Å². The molecule has 0 atom stereocenters. The van der Waals surface area contributed by atoms with E-state index >= 15 is 0 Å². The van der Waals surface area contributed by atoms with E-state index < -0.39 is 49.1 Å². The van der Waals surface area contributed by atoms with Crippen molar-refractivity contribution in [3.63, 3.8) is 0 Å². The lowest BCUT2D eigenvalue weighted by Gasteiger charge is -2.18. The zero-order valence-electron chi connectivity index (χ0n) is 14.5. The predicted octanol–water partition coefficient (Wildman–Crippen LogP) is 0.784. The monoisotopic (exact) mass is 409 g/mol. The number of amidine groups is 1. The topological polar surface area (TPSA) is 74.5 Å². The molecule has 0 aliphatic carbocycles. The third-order valence-corrected chi connectivity index (χ3v) is 10.4. The van der Waals surface area contributed by atoms with E-state index in [-0.39, 0.29) is 18.6 Å². The third kappa shape index (κ3) is 7.64. The average molecular weight is 410 g/mol. The Morgan fingerprint density at radius 2 is 1.42 bits per heavy atom. The van der Waals surface area contributed by atoms with Gasteiger partial charge < -0.3 is 0 Å². The van der Waals surface area contributed by atoms with Crippen LogP contribution in [-0.2, 0) is 19.7 Å². The highest BCUT2D eigenvalue weighted by molar-refractivity contribution is 8.16. The first kappa shape index (κ1) is 23.6. The number of alkyl halides is 2. The summed E-state index contributed by atoms with van der Waals surface area (Å²) in [7, 11) is -1.06. The smallest absolute Gasteiger partial charge is 0.262 e. The second-order valence-corrected chi connectivity index (χ2v) is 11.5. The van der Waals surface area contributed by atoms with Crippen molar-refractivity contribution in [3.05, 3.63) is 0 Å². The van der Waals surface area contributed by atoms with Crippen molar-refractivity contribution in [2.24, 2.45) is 0 Å². The molecular weight excluding hydrogens is 382 g/mol. The second kappa shape index (κ2) is 10.5. The highest BCUT2D eigenvalue weighted by Crippen LogP contribution is 2.21. The minimum absolute atomic E-state index is 0.213. The molecule has 0 spiro atoms. The van der Waals surface area contributed by atoms with Gasteiger partial charge in [0.05, 0.1) is 53.0 Å². The summed E-state index contributed by atoms with van der Waals surface area (Å²) < 4.78 is 74.2. The summed E-state index contributed by atoms with van der Waals surface area (Å²) in [5.41, 5.74) is 0. The summed E-state index contributed by atoms with van der Waals surface area (Å²) in [5.74, 6) is -1.29. The zero-order valence-corrected chi connectivity index (χ0v) is 17.0. The van der Waals surface area contributed by atoms with Crippen molar-refractivity contribution in [3.8, 4) is 0 Å². The van der Waals surface area contributed by atoms with Gasteiger partial charge in [-0.05, 0) is 24.6 Å². The first-order chi connectivity index (χ1) is 11.0. The molecule has 0 bridgehead atoms. The molecule has 11 heteroatoms. The standard InChI is InChI=1S/C13H27F2N2O4S3/c1-16(2)13(17(3)4)22-11-12(23(18,19)9-5-7-14)24(20,21)10-6-8-15/h12H,5-11H2,1-4H3/q+1. The summed E-state index contributed by atoms with van der Waals surface area (Å²) in [6.45, 7) is -1.67. The molecule has 0 saturated heterocycles. The minimum Gasteiger partial charge on any atom is -0.262 e. The molecular formula is C13H27F2N2O4S3+. The molecule has 24 heavy (non-hydrogen) atoms. The summed E-state index contributed by atoms with van der Waals surface area (Å²) in [6.07, 6.45) is -0.500. The number of halogens is 2. The van der Waals surface area contributed by atoms with Gasteiger partial charge >= 0.3 is 5.17 Å². The molecule has 0 rings (SSSR count). The van der Waals surface area contributed by atoms with Gasteiger partial charge in [0.25, 0.3) is 0 Å². The van der Waals surface area contributed by atoms with E-state index in [1.54, 1.807) is 37.7 Å². The number of nitrogens with zero attached hydrogens (tertiary/aromatic N) is 2. The molecule has 0 aliphatic rings. The van der Waals surface area contributed by atoms with Crippen LogP contribution in [0, 0.1) is 0 Å². The highest BCUT2D eigenvalue weighted by Gasteiger charge is 2.38. The van der Waals surface area contributed by atoms with Gasteiger partial charge in [0, 0.05) is 5.75 Å². The molecule has 144 valence electrons. The number of thioether (sulfide) groups is 1. The van der Waals surface area contributed by atoms with Crippen LogP contribution in [0.4, 0.5) is 8.78 Å². The molecule has 0 N–H and O–H groups in total. The Morgan fingerprint density at radius 3 is 1.71 bits per heavy atom. The maximum Gasteiger partial charge on any atom is 0.307 e. The maximum atomic E-state index is 12.4. The van der Waals surface area contributed by atoms with Crippen molar-refractivity contribution >= 4 is 36.6 Å². The van der Waals surface area contributed by atoms with Crippen LogP contribution in [0.15, 0.2) is 0 Å². The molecule has 0 unspecified atom stereocenters. The van der Waals surface area contributed by atoms with Gasteiger partial charge in [-0.25, -0.2) is 16.8 Å². The van der Waals surface area contributed by atoms with Crippen LogP contribution >= 0.6 is 11.8 Å². The Hall–Kier alpha value is -0.420. The van der Waals surface area contributed by atoms with Crippen molar-refractivity contribution in [2.45, 2.75) is 17.4 Å². The third-order valence-electron chi connectivity index (χ3n) is 3.04. The summed E-state index contributed by atoms with van der Waals surface area (Å²) in [5, 5.41) is 0.682. The van der Waals surface area contributed by atoms with Crippen LogP contribution in [0.5, 0.6) is 0 Å². The summed E-state index contributed by atoms with van der Waals surface area (Å²) in [6, 6.07) is 0. The molecule has 0 radical (unpaired) electrons. The predicted molar refractivity (Wildman–Crippen MR) is 95.8 cm³/mol. The SMILES string of the molecule is CN(C)C(SCC(S(=O)(=O)CCCF)S(=O)(=O)CCCF)=[N+](C)C. The Morgan fingerprint density at radius 1 is 1.00 bits per heavy atom. The largest absolute Gasteiger partial charge is 0.307 e. The van der Waals surface area contributed by atoms with Crippen LogP contribution in [0.1, 0.15) is 12.8 Å². The lowest BCUT2D eigenvalue weighted by Crippen LogP contribution is -2.38. The van der Waals surface area contributed by atoms with Crippen molar-refractivity contribution in [1.29, 1.82) is 0 Å². The highest BCUT2D eigenvalue weighted by atomic mass is 32.3. The molecule has 0 saturated carbocycles. The number of hydrogen-bond donors (Lipinski definition) is 0. The number of hydrogen-bond acceptors (Lipinski definition) is 5. The van der Waals surface area contributed by atoms with Crippen molar-refractivity contribution < 1.29 is 30.2 Å². The van der Waals surface area contributed by atoms with Gasteiger partial charge in [0.2, 0.25) is 0 Å². The molecule has 0 fully saturated rings. The van der Waals surface area contributed by atoms with E-state index in [4.69, 9.17) is 0 Å². The fourth-order valence-electron chi connectivity index (χ4n) is 2.01. The molecule has 6 nitrogen and oxygen atoms in total. The molecule has 0 aromatic carbocycles. The molecule has 0 aliphatic heterocycles. The summed E-state index contributed by atoms with van der Waals surface area (Å²) >= 11 is 1.09. The van der Waals surface area contributed by atoms with Gasteiger partial charge in [0.15, 0.2) is 24.3 Å². The van der Waals surface area contributed by atoms with E-state index in [1.807, 2.05) is 0 Å². The van der Waals surface area contributed by atoms with E-state index in [0.29, 0.717) is 5.17 Å². The van der Waals surface area contributed by atoms with Crippen LogP contribution in [0.25, 0.3) is 0 Å². The number of rotatable bonds is 10. The maximum absolute atomic E-state index is 12.4. The fourth-order valence-corrected chi connectivity index (χ4v) is 8.79. The van der Waals surface area contributed by atoms with Gasteiger partial charge in [0.1, 0.15) is 0 Å². The average Bonchev–Trinajstić information content (AvgIpc) is 2.46. The normalized spacial score (nSPS) is 12.5. The van der Waals surface area contributed by atoms with Crippen molar-refractivity contribution in [2.75, 3.05) is 58.8 Å². The first-order valence-corrected chi connectivity index (χ1v) is 11.8. The second-order valence-electron chi connectivity index (χ2n) is 5.63. The lowest BCUT2D eigenvalue weighted by atomic mass is 10.6. The van der Waals surface area contributed by atoms with Gasteiger partial charge in [-0.2, -0.15) is 0 Å². The number of sulfone groups is 2. The van der Waals surface area contributed by atoms with Gasteiger partial charge in [-0.3, -0.25) is 18.3 Å². The molecule has 0 heterocycles. The van der Waals surface area contributed by atoms with Gasteiger partial charge in [-0.15, -0.1) is 0 Å². The molecule has 0 aromatic heterocycles. The quantitative estimate of drug-likeness (QED) is 0.302. The lowest BCUT2D eigenvalue weighted by molar-refractivity contribution is -0.466. The van der Waals surface area contributed by atoms with Crippen LogP contribution in [0.3, 0.4) is 0 Å². The first-order valence-electron chi connectivity index (χ1n) is 7.39. The Labute approximate surface area is 148 Å². The Bertz CT molecular complexity index is 577. The van der Waals surface area contributed by atoms with Crippen LogP contribution in [0.2, 0.25) is 0 Å². The van der Waals surface area contributed by atoms with Crippen molar-refractivity contribution in [1.82, 2.24) is 4.90 Å².